The molecule has 0 aliphatic carbocycles. The number of rotatable bonds is 5. The molecule has 2 bridgehead atoms. The van der Waals surface area contributed by atoms with Gasteiger partial charge in [0.15, 0.2) is 0 Å². The van der Waals surface area contributed by atoms with Crippen molar-refractivity contribution in [1.82, 2.24) is 35.1 Å². The average molecular weight is 710 g/mol. The molecule has 0 saturated carbocycles. The SMILES string of the molecule is CC(C)C[C@H]1NC(=O)CN(C(=O)c2cn3cc(Cl)ccc3n2)C[C@H]2OCC[C@H](NC(=O)[C@H](Cc3ccccc3)NC(=O)[C@H](C)N(C)C1=O)[C@@H]2O. The molecule has 6 atom stereocenters. The van der Waals surface area contributed by atoms with Crippen LogP contribution in [0, 0.1) is 5.92 Å². The van der Waals surface area contributed by atoms with E-state index in [0.29, 0.717) is 10.7 Å². The third-order valence-electron chi connectivity index (χ3n) is 9.10. The predicted octanol–water partition coefficient (Wildman–Crippen LogP) is 1.18. The van der Waals surface area contributed by atoms with Crippen LogP contribution in [-0.2, 0) is 30.3 Å². The molecule has 0 spiro atoms. The number of benzene rings is 1. The molecule has 2 aliphatic rings. The highest BCUT2D eigenvalue weighted by atomic mass is 35.5. The molecule has 3 aromatic rings. The third kappa shape index (κ3) is 8.79. The molecule has 14 nitrogen and oxygen atoms in total. The van der Waals surface area contributed by atoms with Crippen molar-refractivity contribution in [2.45, 2.75) is 76.4 Å². The number of ether oxygens (including phenoxy) is 1. The average Bonchev–Trinajstić information content (AvgIpc) is 3.50. The summed E-state index contributed by atoms with van der Waals surface area (Å²) in [4.78, 5) is 75.7. The minimum atomic E-state index is -1.27. The Morgan fingerprint density at radius 1 is 1.02 bits per heavy atom. The molecule has 50 heavy (non-hydrogen) atoms. The topological polar surface area (TPSA) is 175 Å². The van der Waals surface area contributed by atoms with Gasteiger partial charge in [-0.3, -0.25) is 24.0 Å². The van der Waals surface area contributed by atoms with Gasteiger partial charge in [-0.2, -0.15) is 0 Å². The molecule has 5 rings (SSSR count). The lowest BCUT2D eigenvalue weighted by Gasteiger charge is -2.38. The molecule has 1 aromatic carbocycles. The Morgan fingerprint density at radius 2 is 1.76 bits per heavy atom. The van der Waals surface area contributed by atoms with E-state index in [1.54, 1.807) is 29.7 Å². The van der Waals surface area contributed by atoms with E-state index in [2.05, 4.69) is 20.9 Å². The number of carbonyl (C=O) groups is 5. The van der Waals surface area contributed by atoms with E-state index in [0.717, 1.165) is 5.56 Å². The largest absolute Gasteiger partial charge is 0.388 e. The number of aliphatic hydroxyl groups excluding tert-OH is 1. The van der Waals surface area contributed by atoms with Crippen molar-refractivity contribution in [2.24, 2.45) is 5.92 Å². The van der Waals surface area contributed by atoms with Crippen molar-refractivity contribution >= 4 is 46.8 Å². The van der Waals surface area contributed by atoms with Gasteiger partial charge in [-0.25, -0.2) is 4.98 Å². The number of amides is 5. The first kappa shape index (κ1) is 36.7. The van der Waals surface area contributed by atoms with Crippen LogP contribution in [0.3, 0.4) is 0 Å². The Balaban J connectivity index is 1.50. The molecule has 4 N–H and O–H groups in total. The second-order valence-electron chi connectivity index (χ2n) is 13.4. The number of likely N-dealkylation sites (N-methyl/N-ethyl adjacent to an activating group) is 1. The molecule has 268 valence electrons. The number of hydrogen-bond acceptors (Lipinski definition) is 8. The van der Waals surface area contributed by atoms with Crippen LogP contribution in [0.25, 0.3) is 5.65 Å². The number of carbonyl (C=O) groups excluding carboxylic acids is 5. The first-order chi connectivity index (χ1) is 23.8. The minimum Gasteiger partial charge on any atom is -0.388 e. The van der Waals surface area contributed by atoms with E-state index in [1.807, 2.05) is 44.2 Å². The molecule has 2 saturated heterocycles. The van der Waals surface area contributed by atoms with Crippen LogP contribution >= 0.6 is 11.6 Å². The van der Waals surface area contributed by atoms with Crippen LogP contribution in [0.2, 0.25) is 5.02 Å². The summed E-state index contributed by atoms with van der Waals surface area (Å²) >= 11 is 6.13. The van der Waals surface area contributed by atoms with E-state index in [1.165, 1.54) is 23.0 Å². The first-order valence-corrected chi connectivity index (χ1v) is 17.1. The zero-order valence-corrected chi connectivity index (χ0v) is 29.3. The summed E-state index contributed by atoms with van der Waals surface area (Å²) in [5.74, 6) is -2.85. The fourth-order valence-corrected chi connectivity index (χ4v) is 6.38. The standard InChI is InChI=1S/C35H44ClN7O7/c1-20(2)14-26-34(48)41(4)21(3)32(46)40-25(15-22-8-6-5-7-9-22)33(47)39-24-12-13-50-28(31(24)45)18-43(19-30(44)38-26)35(49)27-17-42-16-23(36)10-11-29(42)37-27/h5-11,16-17,20-21,24-26,28,31,45H,12-15,18-19H2,1-4H3,(H,38,44)(H,39,47)(H,40,46)/t21-,24-,25-,26+,28+,31-/m0/s1. The minimum absolute atomic E-state index is 0.0138. The Morgan fingerprint density at radius 3 is 2.48 bits per heavy atom. The van der Waals surface area contributed by atoms with Gasteiger partial charge in [-0.05, 0) is 43.4 Å². The quantitative estimate of drug-likeness (QED) is 0.306. The maximum Gasteiger partial charge on any atom is 0.274 e. The number of imidazole rings is 1. The summed E-state index contributed by atoms with van der Waals surface area (Å²) < 4.78 is 7.49. The second kappa shape index (κ2) is 16.0. The van der Waals surface area contributed by atoms with Crippen molar-refractivity contribution in [3.63, 3.8) is 0 Å². The number of hydrogen-bond donors (Lipinski definition) is 4. The van der Waals surface area contributed by atoms with Crippen molar-refractivity contribution in [2.75, 3.05) is 26.7 Å². The molecule has 5 amide bonds. The Hall–Kier alpha value is -4.53. The van der Waals surface area contributed by atoms with E-state index in [4.69, 9.17) is 16.3 Å². The van der Waals surface area contributed by atoms with Crippen LogP contribution in [0.1, 0.15) is 49.7 Å². The lowest BCUT2D eigenvalue weighted by atomic mass is 9.97. The van der Waals surface area contributed by atoms with Gasteiger partial charge >= 0.3 is 0 Å². The third-order valence-corrected chi connectivity index (χ3v) is 9.33. The second-order valence-corrected chi connectivity index (χ2v) is 13.8. The normalized spacial score (nSPS) is 26.0. The first-order valence-electron chi connectivity index (χ1n) is 16.7. The molecule has 0 unspecified atom stereocenters. The monoisotopic (exact) mass is 709 g/mol. The number of pyridine rings is 1. The van der Waals surface area contributed by atoms with Crippen LogP contribution in [0.15, 0.2) is 54.9 Å². The smallest absolute Gasteiger partial charge is 0.274 e. The Labute approximate surface area is 295 Å². The van der Waals surface area contributed by atoms with Gasteiger partial charge in [0.25, 0.3) is 5.91 Å². The zero-order chi connectivity index (χ0) is 36.1. The van der Waals surface area contributed by atoms with E-state index in [9.17, 15) is 29.1 Å². The zero-order valence-electron chi connectivity index (χ0n) is 28.5. The highest BCUT2D eigenvalue weighted by Gasteiger charge is 2.39. The molecule has 2 aliphatic heterocycles. The molecule has 0 radical (unpaired) electrons. The van der Waals surface area contributed by atoms with Gasteiger partial charge in [-0.15, -0.1) is 0 Å². The predicted molar refractivity (Wildman–Crippen MR) is 184 cm³/mol. The number of nitrogens with zero attached hydrogens (tertiary/aromatic N) is 4. The van der Waals surface area contributed by atoms with E-state index < -0.39 is 72.5 Å². The van der Waals surface area contributed by atoms with Crippen LogP contribution in [-0.4, -0.2) is 117 Å². The number of aromatic nitrogens is 2. The van der Waals surface area contributed by atoms with E-state index in [-0.39, 0.29) is 44.0 Å². The molecule has 4 heterocycles. The van der Waals surface area contributed by atoms with Crippen LogP contribution < -0.4 is 16.0 Å². The van der Waals surface area contributed by atoms with Crippen LogP contribution in [0.5, 0.6) is 0 Å². The summed E-state index contributed by atoms with van der Waals surface area (Å²) in [5, 5.41) is 20.4. The van der Waals surface area contributed by atoms with Crippen molar-refractivity contribution in [3.05, 3.63) is 71.1 Å². The van der Waals surface area contributed by atoms with Gasteiger partial charge in [0.05, 0.1) is 17.6 Å². The van der Waals surface area contributed by atoms with Crippen LogP contribution in [0.4, 0.5) is 0 Å². The fraction of sp³-hybridized carbons (Fsp3) is 0.486. The van der Waals surface area contributed by atoms with E-state index >= 15 is 0 Å². The van der Waals surface area contributed by atoms with Crippen molar-refractivity contribution in [1.29, 1.82) is 0 Å². The van der Waals surface area contributed by atoms with Crippen molar-refractivity contribution in [3.8, 4) is 0 Å². The van der Waals surface area contributed by atoms with Crippen molar-refractivity contribution < 1.29 is 33.8 Å². The highest BCUT2D eigenvalue weighted by molar-refractivity contribution is 6.30. The summed E-state index contributed by atoms with van der Waals surface area (Å²) in [6.45, 7) is 4.78. The molecule has 2 aromatic heterocycles. The maximum atomic E-state index is 14.0. The summed E-state index contributed by atoms with van der Waals surface area (Å²) in [5.41, 5.74) is 1.28. The number of fused-ring (bicyclic) bond motifs is 3. The van der Waals surface area contributed by atoms with Gasteiger partial charge in [0, 0.05) is 32.5 Å². The maximum absolute atomic E-state index is 14.0. The molecular weight excluding hydrogens is 666 g/mol. The Bertz CT molecular complexity index is 1720. The number of halogens is 1. The number of nitrogens with one attached hydrogen (secondary N) is 3. The molecule has 2 fully saturated rings. The fourth-order valence-electron chi connectivity index (χ4n) is 6.21. The van der Waals surface area contributed by atoms with Gasteiger partial charge in [0.2, 0.25) is 23.6 Å². The number of aliphatic hydroxyl groups is 1. The Kier molecular flexibility index (Phi) is 11.8. The lowest BCUT2D eigenvalue weighted by Crippen LogP contribution is -2.60. The molecular formula is C35H44ClN7O7. The van der Waals surface area contributed by atoms with Gasteiger partial charge in [0.1, 0.15) is 48.2 Å². The van der Waals surface area contributed by atoms with Gasteiger partial charge < -0.3 is 40.0 Å². The molecule has 15 heteroatoms. The lowest BCUT2D eigenvalue weighted by molar-refractivity contribution is -0.142. The summed E-state index contributed by atoms with van der Waals surface area (Å²) in [7, 11) is 1.47. The highest BCUT2D eigenvalue weighted by Crippen LogP contribution is 2.20. The summed E-state index contributed by atoms with van der Waals surface area (Å²) in [6.07, 6.45) is 1.50. The summed E-state index contributed by atoms with van der Waals surface area (Å²) in [6, 6.07) is 8.61. The van der Waals surface area contributed by atoms with Gasteiger partial charge in [-0.1, -0.05) is 55.8 Å².